The van der Waals surface area contributed by atoms with Crippen LogP contribution in [-0.2, 0) is 6.18 Å². The van der Waals surface area contributed by atoms with Crippen molar-refractivity contribution < 1.29 is 28.5 Å². The Hall–Kier alpha value is -3.66. The minimum atomic E-state index is -4.71. The van der Waals surface area contributed by atoms with Gasteiger partial charge in [-0.05, 0) is 48.5 Å². The molecule has 0 radical (unpaired) electrons. The predicted octanol–water partition coefficient (Wildman–Crippen LogP) is 6.51. The summed E-state index contributed by atoms with van der Waals surface area (Å²) in [5.74, 6) is -0.603. The van der Waals surface area contributed by atoms with Crippen LogP contribution in [0.3, 0.4) is 0 Å². The molecule has 0 aliphatic heterocycles. The molecule has 30 heavy (non-hydrogen) atoms. The highest BCUT2D eigenvalue weighted by atomic mass is 32.1. The van der Waals surface area contributed by atoms with Crippen LogP contribution in [0, 0.1) is 0 Å². The van der Waals surface area contributed by atoms with Crippen molar-refractivity contribution in [2.24, 2.45) is 10.2 Å². The predicted molar refractivity (Wildman–Crippen MR) is 106 cm³/mol. The average molecular weight is 431 g/mol. The number of phenolic OH excluding ortho intramolecular Hbond substituents is 3. The van der Waals surface area contributed by atoms with Gasteiger partial charge in [-0.2, -0.15) is 18.3 Å². The molecular formula is C20H12F3N3O3S. The van der Waals surface area contributed by atoms with Gasteiger partial charge in [-0.15, -0.1) is 16.5 Å². The zero-order chi connectivity index (χ0) is 21.5. The van der Waals surface area contributed by atoms with E-state index in [1.807, 2.05) is 0 Å². The second-order valence-corrected chi connectivity index (χ2v) is 7.30. The van der Waals surface area contributed by atoms with Gasteiger partial charge in [0.05, 0.1) is 32.7 Å². The maximum absolute atomic E-state index is 13.1. The van der Waals surface area contributed by atoms with Gasteiger partial charge in [-0.25, -0.2) is 4.98 Å². The van der Waals surface area contributed by atoms with Crippen molar-refractivity contribution in [1.29, 1.82) is 0 Å². The average Bonchev–Trinajstić information content (AvgIpc) is 3.09. The van der Waals surface area contributed by atoms with Gasteiger partial charge in [0.2, 0.25) is 0 Å². The molecule has 0 aliphatic rings. The first kappa shape index (κ1) is 19.6. The fourth-order valence-electron chi connectivity index (χ4n) is 2.74. The van der Waals surface area contributed by atoms with Crippen molar-refractivity contribution in [2.75, 3.05) is 0 Å². The van der Waals surface area contributed by atoms with Crippen molar-refractivity contribution in [1.82, 2.24) is 4.98 Å². The van der Waals surface area contributed by atoms with Crippen molar-refractivity contribution in [3.8, 4) is 27.8 Å². The molecule has 0 fully saturated rings. The molecule has 10 heteroatoms. The monoisotopic (exact) mass is 431 g/mol. The number of halogens is 3. The number of alkyl halides is 3. The van der Waals surface area contributed by atoms with Crippen molar-refractivity contribution in [3.63, 3.8) is 0 Å². The zero-order valence-electron chi connectivity index (χ0n) is 14.9. The van der Waals surface area contributed by atoms with Gasteiger partial charge >= 0.3 is 6.18 Å². The Kier molecular flexibility index (Phi) is 4.78. The van der Waals surface area contributed by atoms with E-state index in [1.165, 1.54) is 35.6 Å². The maximum Gasteiger partial charge on any atom is 0.418 e. The smallest absolute Gasteiger partial charge is 0.418 e. The maximum atomic E-state index is 13.1. The summed E-state index contributed by atoms with van der Waals surface area (Å²) in [5, 5.41) is 37.1. The molecule has 0 unspecified atom stereocenters. The number of aromatic hydroxyl groups is 3. The highest BCUT2D eigenvalue weighted by molar-refractivity contribution is 7.21. The molecule has 0 saturated carbocycles. The van der Waals surface area contributed by atoms with Crippen molar-refractivity contribution in [2.45, 2.75) is 6.18 Å². The second-order valence-electron chi connectivity index (χ2n) is 6.27. The lowest BCUT2D eigenvalue weighted by Crippen LogP contribution is -2.04. The molecule has 4 aromatic rings. The van der Waals surface area contributed by atoms with E-state index in [0.29, 0.717) is 22.2 Å². The minimum Gasteiger partial charge on any atom is -0.508 e. The van der Waals surface area contributed by atoms with E-state index >= 15 is 0 Å². The fourth-order valence-corrected chi connectivity index (χ4v) is 3.77. The van der Waals surface area contributed by atoms with Crippen molar-refractivity contribution in [3.05, 3.63) is 60.2 Å². The summed E-state index contributed by atoms with van der Waals surface area (Å²) < 4.78 is 40.0. The van der Waals surface area contributed by atoms with Crippen LogP contribution in [0.1, 0.15) is 5.56 Å². The summed E-state index contributed by atoms with van der Waals surface area (Å²) in [7, 11) is 0. The highest BCUT2D eigenvalue weighted by Crippen LogP contribution is 2.40. The highest BCUT2D eigenvalue weighted by Gasteiger charge is 2.34. The Balaban J connectivity index is 1.65. The van der Waals surface area contributed by atoms with Gasteiger partial charge in [0.15, 0.2) is 0 Å². The Morgan fingerprint density at radius 1 is 0.833 bits per heavy atom. The Morgan fingerprint density at radius 2 is 1.57 bits per heavy atom. The molecule has 6 nitrogen and oxygen atoms in total. The molecule has 1 heterocycles. The largest absolute Gasteiger partial charge is 0.508 e. The first-order chi connectivity index (χ1) is 14.2. The van der Waals surface area contributed by atoms with Gasteiger partial charge in [-0.1, -0.05) is 0 Å². The third kappa shape index (κ3) is 3.90. The van der Waals surface area contributed by atoms with Gasteiger partial charge < -0.3 is 15.3 Å². The molecule has 0 atom stereocenters. The van der Waals surface area contributed by atoms with E-state index in [0.717, 1.165) is 16.8 Å². The number of aromatic nitrogens is 1. The molecular weight excluding hydrogens is 419 g/mol. The molecule has 4 rings (SSSR count). The molecule has 0 bridgehead atoms. The summed E-state index contributed by atoms with van der Waals surface area (Å²) in [6.45, 7) is 0. The molecule has 0 amide bonds. The molecule has 1 aromatic heterocycles. The van der Waals surface area contributed by atoms with E-state index in [1.54, 1.807) is 12.1 Å². The molecule has 152 valence electrons. The standard InChI is InChI=1S/C20H12F3N3O3S/c21-20(22,23)14-8-11(27)2-5-15(14)26-25-10-1-4-13(17(29)7-10)19-24-16-6-3-12(28)9-18(16)30-19/h1-9,27-29H/b26-25+. The van der Waals surface area contributed by atoms with E-state index in [4.69, 9.17) is 0 Å². The van der Waals surface area contributed by atoms with E-state index in [9.17, 15) is 28.5 Å². The van der Waals surface area contributed by atoms with Gasteiger partial charge in [0, 0.05) is 6.07 Å². The third-order valence-electron chi connectivity index (χ3n) is 4.14. The quantitative estimate of drug-likeness (QED) is 0.322. The molecule has 0 spiro atoms. The second kappa shape index (κ2) is 7.30. The number of azo groups is 1. The lowest BCUT2D eigenvalue weighted by atomic mass is 10.1. The van der Waals surface area contributed by atoms with E-state index < -0.39 is 23.2 Å². The number of fused-ring (bicyclic) bond motifs is 1. The Labute approximate surface area is 171 Å². The molecule has 0 saturated heterocycles. The number of phenols is 3. The molecule has 3 aromatic carbocycles. The van der Waals surface area contributed by atoms with Crippen LogP contribution >= 0.6 is 11.3 Å². The number of nitrogens with zero attached hydrogens (tertiary/aromatic N) is 3. The summed E-state index contributed by atoms with van der Waals surface area (Å²) in [6.07, 6.45) is -4.71. The minimum absolute atomic E-state index is 0.102. The zero-order valence-corrected chi connectivity index (χ0v) is 15.7. The van der Waals surface area contributed by atoms with Crippen LogP contribution in [0.4, 0.5) is 24.5 Å². The van der Waals surface area contributed by atoms with Crippen LogP contribution in [0.5, 0.6) is 17.2 Å². The van der Waals surface area contributed by atoms with Gasteiger partial charge in [-0.3, -0.25) is 0 Å². The number of benzene rings is 3. The Morgan fingerprint density at radius 3 is 2.30 bits per heavy atom. The SMILES string of the molecule is Oc1ccc(/N=N/c2ccc(-c3nc4ccc(O)cc4s3)c(O)c2)c(C(F)(F)F)c1. The number of hydrogen-bond donors (Lipinski definition) is 3. The molecule has 0 aliphatic carbocycles. The topological polar surface area (TPSA) is 98.3 Å². The van der Waals surface area contributed by atoms with Crippen molar-refractivity contribution >= 4 is 32.9 Å². The van der Waals surface area contributed by atoms with Crippen LogP contribution in [0.15, 0.2) is 64.8 Å². The normalized spacial score (nSPS) is 12.1. The summed E-state index contributed by atoms with van der Waals surface area (Å²) in [5.41, 5.74) is -0.380. The first-order valence-electron chi connectivity index (χ1n) is 8.45. The number of hydrogen-bond acceptors (Lipinski definition) is 7. The molecule has 3 N–H and O–H groups in total. The van der Waals surface area contributed by atoms with E-state index in [2.05, 4.69) is 15.2 Å². The van der Waals surface area contributed by atoms with Crippen LogP contribution in [0.25, 0.3) is 20.8 Å². The lowest BCUT2D eigenvalue weighted by Gasteiger charge is -2.09. The fraction of sp³-hybridized carbons (Fsp3) is 0.0500. The lowest BCUT2D eigenvalue weighted by molar-refractivity contribution is -0.137. The summed E-state index contributed by atoms with van der Waals surface area (Å²) in [6, 6.07) is 11.6. The third-order valence-corrected chi connectivity index (χ3v) is 5.19. The van der Waals surface area contributed by atoms with Gasteiger partial charge in [0.1, 0.15) is 22.3 Å². The number of rotatable bonds is 3. The van der Waals surface area contributed by atoms with E-state index in [-0.39, 0.29) is 17.2 Å². The Bertz CT molecular complexity index is 1290. The number of thiazole rings is 1. The summed E-state index contributed by atoms with van der Waals surface area (Å²) >= 11 is 1.27. The van der Waals surface area contributed by atoms with Crippen LogP contribution in [-0.4, -0.2) is 20.3 Å². The van der Waals surface area contributed by atoms with Crippen LogP contribution < -0.4 is 0 Å². The summed E-state index contributed by atoms with van der Waals surface area (Å²) in [4.78, 5) is 4.40. The van der Waals surface area contributed by atoms with Crippen LogP contribution in [0.2, 0.25) is 0 Å². The first-order valence-corrected chi connectivity index (χ1v) is 9.27. The van der Waals surface area contributed by atoms with Gasteiger partial charge in [0.25, 0.3) is 0 Å².